The maximum atomic E-state index is 3.67. The topological polar surface area (TPSA) is 24.1 Å². The molecule has 2 heteroatoms. The van der Waals surface area contributed by atoms with Crippen molar-refractivity contribution >= 4 is 0 Å². The molecule has 0 aromatic rings. The minimum absolute atomic E-state index is 0.809. The summed E-state index contributed by atoms with van der Waals surface area (Å²) in [6.07, 6.45) is 7.00. The molecule has 0 saturated carbocycles. The fourth-order valence-electron chi connectivity index (χ4n) is 2.93. The molecular weight excluding hydrogens is 172 g/mol. The first-order valence-electron chi connectivity index (χ1n) is 6.28. The Morgan fingerprint density at radius 1 is 1.21 bits per heavy atom. The van der Waals surface area contributed by atoms with Gasteiger partial charge in [0.1, 0.15) is 0 Å². The van der Waals surface area contributed by atoms with Crippen LogP contribution in [0.3, 0.4) is 0 Å². The van der Waals surface area contributed by atoms with E-state index in [0.717, 1.165) is 17.9 Å². The Kier molecular flexibility index (Phi) is 3.82. The van der Waals surface area contributed by atoms with Crippen LogP contribution in [0, 0.1) is 11.8 Å². The summed E-state index contributed by atoms with van der Waals surface area (Å²) in [7, 11) is 0. The highest BCUT2D eigenvalue weighted by Crippen LogP contribution is 2.23. The summed E-state index contributed by atoms with van der Waals surface area (Å²) in [6.45, 7) is 6.14. The Hall–Kier alpha value is -0.0800. The summed E-state index contributed by atoms with van der Waals surface area (Å²) in [4.78, 5) is 0. The zero-order chi connectivity index (χ0) is 9.80. The highest BCUT2D eigenvalue weighted by Gasteiger charge is 2.22. The van der Waals surface area contributed by atoms with Crippen LogP contribution >= 0.6 is 0 Å². The standard InChI is InChI=1S/C12H24N2/c1-10-4-6-14-12(7-10)8-11-3-2-5-13-9-11/h10-14H,2-9H2,1H3/t10-,11?,12?/m0/s1. The lowest BCUT2D eigenvalue weighted by molar-refractivity contribution is 0.252. The molecule has 0 bridgehead atoms. The molecule has 2 aliphatic heterocycles. The molecule has 14 heavy (non-hydrogen) atoms. The van der Waals surface area contributed by atoms with Crippen molar-refractivity contribution < 1.29 is 0 Å². The van der Waals surface area contributed by atoms with Crippen LogP contribution in [0.1, 0.15) is 39.0 Å². The molecule has 2 nitrogen and oxygen atoms in total. The summed E-state index contributed by atoms with van der Waals surface area (Å²) >= 11 is 0. The van der Waals surface area contributed by atoms with Gasteiger partial charge >= 0.3 is 0 Å². The molecule has 2 aliphatic rings. The zero-order valence-corrected chi connectivity index (χ0v) is 9.39. The van der Waals surface area contributed by atoms with Crippen molar-refractivity contribution in [2.45, 2.75) is 45.1 Å². The van der Waals surface area contributed by atoms with Crippen molar-refractivity contribution in [1.29, 1.82) is 0 Å². The molecule has 0 amide bonds. The van der Waals surface area contributed by atoms with Crippen LogP contribution < -0.4 is 10.6 Å². The highest BCUT2D eigenvalue weighted by atomic mass is 14.9. The van der Waals surface area contributed by atoms with Gasteiger partial charge in [-0.1, -0.05) is 6.92 Å². The van der Waals surface area contributed by atoms with Crippen LogP contribution in [-0.2, 0) is 0 Å². The van der Waals surface area contributed by atoms with E-state index in [1.807, 2.05) is 0 Å². The van der Waals surface area contributed by atoms with Gasteiger partial charge in [-0.2, -0.15) is 0 Å². The predicted molar refractivity (Wildman–Crippen MR) is 60.4 cm³/mol. The van der Waals surface area contributed by atoms with Gasteiger partial charge in [-0.15, -0.1) is 0 Å². The molecule has 2 fully saturated rings. The van der Waals surface area contributed by atoms with E-state index in [0.29, 0.717) is 0 Å². The van der Waals surface area contributed by atoms with Gasteiger partial charge in [0.25, 0.3) is 0 Å². The van der Waals surface area contributed by atoms with Crippen molar-refractivity contribution in [2.75, 3.05) is 19.6 Å². The monoisotopic (exact) mass is 196 g/mol. The van der Waals surface area contributed by atoms with E-state index in [-0.39, 0.29) is 0 Å². The fraction of sp³-hybridized carbons (Fsp3) is 1.00. The van der Waals surface area contributed by atoms with Gasteiger partial charge in [-0.25, -0.2) is 0 Å². The Morgan fingerprint density at radius 3 is 2.86 bits per heavy atom. The van der Waals surface area contributed by atoms with Crippen LogP contribution in [0.25, 0.3) is 0 Å². The minimum Gasteiger partial charge on any atom is -0.316 e. The predicted octanol–water partition coefficient (Wildman–Crippen LogP) is 1.76. The fourth-order valence-corrected chi connectivity index (χ4v) is 2.93. The van der Waals surface area contributed by atoms with Crippen molar-refractivity contribution in [3.05, 3.63) is 0 Å². The van der Waals surface area contributed by atoms with Crippen LogP contribution in [0.15, 0.2) is 0 Å². The SMILES string of the molecule is C[C@H]1CCNC(CC2CCCNC2)C1. The first-order chi connectivity index (χ1) is 6.84. The lowest BCUT2D eigenvalue weighted by Gasteiger charge is -2.32. The Bertz CT molecular complexity index is 164. The lowest BCUT2D eigenvalue weighted by Crippen LogP contribution is -2.41. The molecule has 0 spiro atoms. The zero-order valence-electron chi connectivity index (χ0n) is 9.39. The number of hydrogen-bond donors (Lipinski definition) is 2. The first kappa shape index (κ1) is 10.4. The van der Waals surface area contributed by atoms with E-state index >= 15 is 0 Å². The molecule has 2 N–H and O–H groups in total. The van der Waals surface area contributed by atoms with E-state index in [2.05, 4.69) is 17.6 Å². The second-order valence-electron chi connectivity index (χ2n) is 5.23. The molecule has 0 radical (unpaired) electrons. The third-order valence-corrected chi connectivity index (χ3v) is 3.77. The number of rotatable bonds is 2. The highest BCUT2D eigenvalue weighted by molar-refractivity contribution is 4.81. The van der Waals surface area contributed by atoms with E-state index in [1.54, 1.807) is 0 Å². The average Bonchev–Trinajstić information content (AvgIpc) is 2.19. The third kappa shape index (κ3) is 2.96. The second-order valence-corrected chi connectivity index (χ2v) is 5.23. The summed E-state index contributed by atoms with van der Waals surface area (Å²) in [5.41, 5.74) is 0. The van der Waals surface area contributed by atoms with Gasteiger partial charge in [0.15, 0.2) is 0 Å². The quantitative estimate of drug-likeness (QED) is 0.703. The smallest absolute Gasteiger partial charge is 0.00727 e. The van der Waals surface area contributed by atoms with Gasteiger partial charge in [0, 0.05) is 6.04 Å². The number of hydrogen-bond acceptors (Lipinski definition) is 2. The van der Waals surface area contributed by atoms with Gasteiger partial charge in [-0.3, -0.25) is 0 Å². The molecule has 3 atom stereocenters. The van der Waals surface area contributed by atoms with Crippen molar-refractivity contribution in [1.82, 2.24) is 10.6 Å². The van der Waals surface area contributed by atoms with Crippen LogP contribution in [-0.4, -0.2) is 25.7 Å². The molecule has 2 rings (SSSR count). The molecule has 0 aromatic carbocycles. The summed E-state index contributed by atoms with van der Waals surface area (Å²) < 4.78 is 0. The second kappa shape index (κ2) is 5.13. The summed E-state index contributed by atoms with van der Waals surface area (Å²) in [5, 5.41) is 7.18. The lowest BCUT2D eigenvalue weighted by atomic mass is 9.86. The van der Waals surface area contributed by atoms with Crippen molar-refractivity contribution in [3.8, 4) is 0 Å². The maximum absolute atomic E-state index is 3.67. The van der Waals surface area contributed by atoms with Gasteiger partial charge in [-0.05, 0) is 63.6 Å². The van der Waals surface area contributed by atoms with Crippen LogP contribution in [0.2, 0.25) is 0 Å². The van der Waals surface area contributed by atoms with E-state index in [1.165, 1.54) is 51.7 Å². The van der Waals surface area contributed by atoms with Gasteiger partial charge in [0.2, 0.25) is 0 Å². The van der Waals surface area contributed by atoms with Crippen LogP contribution in [0.4, 0.5) is 0 Å². The van der Waals surface area contributed by atoms with E-state index in [9.17, 15) is 0 Å². The first-order valence-corrected chi connectivity index (χ1v) is 6.28. The maximum Gasteiger partial charge on any atom is 0.00727 e. The molecule has 82 valence electrons. The number of piperidine rings is 2. The van der Waals surface area contributed by atoms with Crippen molar-refractivity contribution in [3.63, 3.8) is 0 Å². The normalized spacial score (nSPS) is 39.6. The summed E-state index contributed by atoms with van der Waals surface area (Å²) in [6, 6.07) is 0.809. The van der Waals surface area contributed by atoms with Crippen LogP contribution in [0.5, 0.6) is 0 Å². The Labute approximate surface area is 87.8 Å². The molecule has 2 heterocycles. The van der Waals surface area contributed by atoms with E-state index < -0.39 is 0 Å². The largest absolute Gasteiger partial charge is 0.316 e. The van der Waals surface area contributed by atoms with Gasteiger partial charge < -0.3 is 10.6 Å². The Morgan fingerprint density at radius 2 is 2.14 bits per heavy atom. The third-order valence-electron chi connectivity index (χ3n) is 3.77. The molecule has 0 aromatic heterocycles. The average molecular weight is 196 g/mol. The van der Waals surface area contributed by atoms with Crippen molar-refractivity contribution in [2.24, 2.45) is 11.8 Å². The molecular formula is C12H24N2. The number of nitrogens with one attached hydrogen (secondary N) is 2. The molecule has 0 aliphatic carbocycles. The van der Waals surface area contributed by atoms with Gasteiger partial charge in [0.05, 0.1) is 0 Å². The molecule has 2 unspecified atom stereocenters. The van der Waals surface area contributed by atoms with E-state index in [4.69, 9.17) is 0 Å². The summed E-state index contributed by atoms with van der Waals surface area (Å²) in [5.74, 6) is 1.88. The minimum atomic E-state index is 0.809. The Balaban J connectivity index is 1.72. The molecule has 2 saturated heterocycles.